The molecule has 0 radical (unpaired) electrons. The number of aromatic nitrogens is 4. The minimum absolute atomic E-state index is 0.0286. The molecule has 0 unspecified atom stereocenters. The summed E-state index contributed by atoms with van der Waals surface area (Å²) in [6.07, 6.45) is 0. The summed E-state index contributed by atoms with van der Waals surface area (Å²) in [5.74, 6) is 0.503. The summed E-state index contributed by atoms with van der Waals surface area (Å²) in [4.78, 5) is 1.39. The van der Waals surface area contributed by atoms with Crippen LogP contribution in [-0.4, -0.2) is 26.0 Å². The van der Waals surface area contributed by atoms with E-state index in [0.717, 1.165) is 5.56 Å². The van der Waals surface area contributed by atoms with E-state index in [4.69, 9.17) is 11.1 Å². The van der Waals surface area contributed by atoms with Gasteiger partial charge in [0.25, 0.3) is 0 Å². The van der Waals surface area contributed by atoms with Gasteiger partial charge in [0.05, 0.1) is 5.69 Å². The predicted molar refractivity (Wildman–Crippen MR) is 75.6 cm³/mol. The Hall–Kier alpha value is -3.02. The van der Waals surface area contributed by atoms with Gasteiger partial charge in [0.1, 0.15) is 5.84 Å². The van der Waals surface area contributed by atoms with Crippen molar-refractivity contribution in [1.29, 1.82) is 5.41 Å². The van der Waals surface area contributed by atoms with E-state index in [-0.39, 0.29) is 5.84 Å². The van der Waals surface area contributed by atoms with Crippen LogP contribution in [0.1, 0.15) is 5.56 Å². The van der Waals surface area contributed by atoms with Gasteiger partial charge >= 0.3 is 0 Å². The van der Waals surface area contributed by atoms with Gasteiger partial charge in [-0.05, 0) is 17.3 Å². The highest BCUT2D eigenvalue weighted by Crippen LogP contribution is 2.15. The van der Waals surface area contributed by atoms with Gasteiger partial charge in [-0.3, -0.25) is 5.41 Å². The lowest BCUT2D eigenvalue weighted by atomic mass is 10.1. The number of hydrogen-bond acceptors (Lipinski definition) is 4. The fraction of sp³-hybridized carbons (Fsp3) is 0. The molecule has 3 aromatic rings. The smallest absolute Gasteiger partial charge is 0.205 e. The van der Waals surface area contributed by atoms with Gasteiger partial charge in [-0.1, -0.05) is 42.5 Å². The summed E-state index contributed by atoms with van der Waals surface area (Å²) in [6, 6.07) is 16.8. The highest BCUT2D eigenvalue weighted by molar-refractivity contribution is 5.98. The zero-order chi connectivity index (χ0) is 13.9. The van der Waals surface area contributed by atoms with E-state index in [2.05, 4.69) is 15.4 Å². The van der Waals surface area contributed by atoms with Crippen molar-refractivity contribution >= 4 is 5.84 Å². The molecule has 0 saturated heterocycles. The Kier molecular flexibility index (Phi) is 2.96. The third-order valence-corrected chi connectivity index (χ3v) is 2.86. The summed E-state index contributed by atoms with van der Waals surface area (Å²) in [7, 11) is 0. The Balaban J connectivity index is 2.05. The van der Waals surface area contributed by atoms with Gasteiger partial charge in [0.2, 0.25) is 5.82 Å². The molecule has 0 bridgehead atoms. The van der Waals surface area contributed by atoms with E-state index in [0.29, 0.717) is 17.1 Å². The standard InChI is InChI=1S/C14H12N6/c15-13(16)11-8-4-5-9-12(11)20-18-14(17-19-20)10-6-2-1-3-7-10/h1-9H,(H3,15,16). The van der Waals surface area contributed by atoms with Crippen LogP contribution >= 0.6 is 0 Å². The number of hydrogen-bond donors (Lipinski definition) is 2. The second-order valence-corrected chi connectivity index (χ2v) is 4.20. The SMILES string of the molecule is N=C(N)c1ccccc1-n1nnc(-c2ccccc2)n1. The number of amidine groups is 1. The highest BCUT2D eigenvalue weighted by atomic mass is 15.6. The lowest BCUT2D eigenvalue weighted by Crippen LogP contribution is -2.15. The van der Waals surface area contributed by atoms with Gasteiger partial charge in [-0.2, -0.15) is 0 Å². The fourth-order valence-electron chi connectivity index (χ4n) is 1.89. The van der Waals surface area contributed by atoms with Gasteiger partial charge in [0.15, 0.2) is 0 Å². The number of para-hydroxylation sites is 1. The zero-order valence-corrected chi connectivity index (χ0v) is 10.6. The highest BCUT2D eigenvalue weighted by Gasteiger charge is 2.11. The van der Waals surface area contributed by atoms with Gasteiger partial charge < -0.3 is 5.73 Å². The second-order valence-electron chi connectivity index (χ2n) is 4.20. The predicted octanol–water partition coefficient (Wildman–Crippen LogP) is 1.61. The number of rotatable bonds is 3. The summed E-state index contributed by atoms with van der Waals surface area (Å²) < 4.78 is 0. The molecule has 1 aromatic heterocycles. The molecule has 1 heterocycles. The molecular formula is C14H12N6. The maximum Gasteiger partial charge on any atom is 0.205 e. The van der Waals surface area contributed by atoms with Gasteiger partial charge in [-0.15, -0.1) is 15.0 Å². The molecule has 2 aromatic carbocycles. The van der Waals surface area contributed by atoms with E-state index < -0.39 is 0 Å². The first-order valence-electron chi connectivity index (χ1n) is 6.05. The average molecular weight is 264 g/mol. The van der Waals surface area contributed by atoms with Crippen LogP contribution in [0.3, 0.4) is 0 Å². The van der Waals surface area contributed by atoms with Crippen LogP contribution in [-0.2, 0) is 0 Å². The van der Waals surface area contributed by atoms with Crippen molar-refractivity contribution in [2.24, 2.45) is 5.73 Å². The maximum atomic E-state index is 7.58. The quantitative estimate of drug-likeness (QED) is 0.555. The minimum atomic E-state index is -0.0286. The van der Waals surface area contributed by atoms with Crippen LogP contribution in [0.25, 0.3) is 17.1 Å². The number of nitrogens with one attached hydrogen (secondary N) is 1. The van der Waals surface area contributed by atoms with E-state index in [1.165, 1.54) is 4.80 Å². The molecule has 0 saturated carbocycles. The average Bonchev–Trinajstić information content (AvgIpc) is 2.98. The molecule has 3 N–H and O–H groups in total. The monoisotopic (exact) mass is 264 g/mol. The van der Waals surface area contributed by atoms with Crippen LogP contribution < -0.4 is 5.73 Å². The minimum Gasteiger partial charge on any atom is -0.384 e. The van der Waals surface area contributed by atoms with Crippen molar-refractivity contribution in [2.45, 2.75) is 0 Å². The first-order chi connectivity index (χ1) is 9.75. The summed E-state index contributed by atoms with van der Waals surface area (Å²) in [6.45, 7) is 0. The van der Waals surface area contributed by atoms with Crippen molar-refractivity contribution in [3.63, 3.8) is 0 Å². The van der Waals surface area contributed by atoms with Gasteiger partial charge in [-0.25, -0.2) is 0 Å². The number of nitrogens with zero attached hydrogens (tertiary/aromatic N) is 4. The van der Waals surface area contributed by atoms with Crippen molar-refractivity contribution in [3.8, 4) is 17.1 Å². The molecule has 0 fully saturated rings. The number of benzene rings is 2. The third-order valence-electron chi connectivity index (χ3n) is 2.86. The molecule has 0 aliphatic rings. The van der Waals surface area contributed by atoms with Gasteiger partial charge in [0, 0.05) is 11.1 Å². The Morgan fingerprint density at radius 1 is 1.00 bits per heavy atom. The molecule has 20 heavy (non-hydrogen) atoms. The summed E-state index contributed by atoms with van der Waals surface area (Å²) >= 11 is 0. The number of nitrogen functional groups attached to an aromatic ring is 1. The molecule has 6 nitrogen and oxygen atoms in total. The molecule has 0 amide bonds. The molecule has 3 rings (SSSR count). The van der Waals surface area contributed by atoms with Crippen LogP contribution in [0.15, 0.2) is 54.6 Å². The van der Waals surface area contributed by atoms with Crippen LogP contribution in [0, 0.1) is 5.41 Å². The van der Waals surface area contributed by atoms with Crippen molar-refractivity contribution in [1.82, 2.24) is 20.2 Å². The van der Waals surface area contributed by atoms with Crippen molar-refractivity contribution in [3.05, 3.63) is 60.2 Å². The van der Waals surface area contributed by atoms with Crippen LogP contribution in [0.2, 0.25) is 0 Å². The second kappa shape index (κ2) is 4.93. The van der Waals surface area contributed by atoms with E-state index in [1.807, 2.05) is 42.5 Å². The molecule has 6 heteroatoms. The molecule has 0 aliphatic carbocycles. The molecule has 0 atom stereocenters. The van der Waals surface area contributed by atoms with Crippen LogP contribution in [0.4, 0.5) is 0 Å². The van der Waals surface area contributed by atoms with E-state index in [9.17, 15) is 0 Å². The molecule has 0 spiro atoms. The normalized spacial score (nSPS) is 10.4. The third kappa shape index (κ3) is 2.14. The Bertz CT molecular complexity index is 747. The number of tetrazole rings is 1. The van der Waals surface area contributed by atoms with Crippen molar-refractivity contribution < 1.29 is 0 Å². The summed E-state index contributed by atoms with van der Waals surface area (Å²) in [5.41, 5.74) is 7.66. The molecular weight excluding hydrogens is 252 g/mol. The zero-order valence-electron chi connectivity index (χ0n) is 10.6. The first kappa shape index (κ1) is 12.0. The Morgan fingerprint density at radius 2 is 1.70 bits per heavy atom. The molecule has 0 aliphatic heterocycles. The number of nitrogens with two attached hydrogens (primary N) is 1. The summed E-state index contributed by atoms with van der Waals surface area (Å²) in [5, 5.41) is 20.0. The topological polar surface area (TPSA) is 93.5 Å². The fourth-order valence-corrected chi connectivity index (χ4v) is 1.89. The lowest BCUT2D eigenvalue weighted by molar-refractivity contribution is 0.719. The Morgan fingerprint density at radius 3 is 2.45 bits per heavy atom. The largest absolute Gasteiger partial charge is 0.384 e. The van der Waals surface area contributed by atoms with Crippen molar-refractivity contribution in [2.75, 3.05) is 0 Å². The van der Waals surface area contributed by atoms with E-state index in [1.54, 1.807) is 12.1 Å². The molecule has 98 valence electrons. The lowest BCUT2D eigenvalue weighted by Gasteiger charge is -2.05. The van der Waals surface area contributed by atoms with Crippen LogP contribution in [0.5, 0.6) is 0 Å². The maximum absolute atomic E-state index is 7.58. The van der Waals surface area contributed by atoms with E-state index >= 15 is 0 Å². The Labute approximate surface area is 115 Å². The first-order valence-corrected chi connectivity index (χ1v) is 6.05.